The van der Waals surface area contributed by atoms with Crippen molar-refractivity contribution in [3.63, 3.8) is 0 Å². The molecule has 2 unspecified atom stereocenters. The lowest BCUT2D eigenvalue weighted by molar-refractivity contribution is -0.149. The first-order valence-corrected chi connectivity index (χ1v) is 10.9. The molecule has 0 aromatic heterocycles. The Labute approximate surface area is 195 Å². The third kappa shape index (κ3) is 8.87. The number of esters is 2. The normalized spacial score (nSPS) is 17.0. The van der Waals surface area contributed by atoms with Gasteiger partial charge in [0.1, 0.15) is 25.4 Å². The molecule has 2 aliphatic rings. The first kappa shape index (κ1) is 26.9. The number of amides is 4. The van der Waals surface area contributed by atoms with E-state index in [1.807, 2.05) is 0 Å². The Bertz CT molecular complexity index is 760. The number of imide groups is 2. The first-order valence-electron chi connectivity index (χ1n) is 10.9. The van der Waals surface area contributed by atoms with E-state index in [9.17, 15) is 39.0 Å². The molecule has 0 saturated carbocycles. The second-order valence-electron chi connectivity index (χ2n) is 7.83. The van der Waals surface area contributed by atoms with Crippen LogP contribution in [0.1, 0.15) is 38.5 Å². The van der Waals surface area contributed by atoms with Crippen LogP contribution in [0.2, 0.25) is 0 Å². The summed E-state index contributed by atoms with van der Waals surface area (Å²) in [5.74, 6) is -3.14. The molecule has 4 amide bonds. The van der Waals surface area contributed by atoms with Gasteiger partial charge in [0.05, 0.1) is 13.1 Å². The fraction of sp³-hybridized carbons (Fsp3) is 0.545. The van der Waals surface area contributed by atoms with Crippen molar-refractivity contribution in [2.75, 3.05) is 26.3 Å². The molecule has 0 radical (unpaired) electrons. The summed E-state index contributed by atoms with van der Waals surface area (Å²) in [5, 5.41) is 19.6. The van der Waals surface area contributed by atoms with E-state index in [0.717, 1.165) is 34.1 Å². The van der Waals surface area contributed by atoms with Gasteiger partial charge in [0.2, 0.25) is 0 Å². The molecule has 12 heteroatoms. The first-order chi connectivity index (χ1) is 16.2. The van der Waals surface area contributed by atoms with Gasteiger partial charge in [-0.2, -0.15) is 0 Å². The highest BCUT2D eigenvalue weighted by atomic mass is 16.5. The number of hydrogen-bond donors (Lipinski definition) is 2. The van der Waals surface area contributed by atoms with Gasteiger partial charge < -0.3 is 19.7 Å². The van der Waals surface area contributed by atoms with Crippen molar-refractivity contribution in [3.05, 3.63) is 24.3 Å². The number of carbonyl (C=O) groups excluding carboxylic acids is 6. The minimum atomic E-state index is -1.17. The summed E-state index contributed by atoms with van der Waals surface area (Å²) in [4.78, 5) is 70.8. The molecule has 2 N–H and O–H groups in total. The van der Waals surface area contributed by atoms with Gasteiger partial charge in [0.15, 0.2) is 0 Å². The van der Waals surface area contributed by atoms with Crippen molar-refractivity contribution >= 4 is 35.6 Å². The second kappa shape index (κ2) is 13.4. The number of rotatable bonds is 15. The van der Waals surface area contributed by atoms with E-state index in [2.05, 4.69) is 0 Å². The van der Waals surface area contributed by atoms with Gasteiger partial charge >= 0.3 is 11.9 Å². The van der Waals surface area contributed by atoms with Crippen LogP contribution in [0.4, 0.5) is 0 Å². The maximum atomic E-state index is 11.7. The van der Waals surface area contributed by atoms with Crippen LogP contribution in [0.3, 0.4) is 0 Å². The zero-order chi connectivity index (χ0) is 25.1. The molecule has 0 aliphatic carbocycles. The minimum absolute atomic E-state index is 0.120. The van der Waals surface area contributed by atoms with Gasteiger partial charge in [0, 0.05) is 37.1 Å². The Morgan fingerprint density at radius 3 is 1.29 bits per heavy atom. The van der Waals surface area contributed by atoms with Crippen LogP contribution in [0.5, 0.6) is 0 Å². The molecule has 0 bridgehead atoms. The topological polar surface area (TPSA) is 168 Å². The molecule has 2 aliphatic heterocycles. The van der Waals surface area contributed by atoms with Gasteiger partial charge in [-0.3, -0.25) is 38.6 Å². The largest absolute Gasteiger partial charge is 0.463 e. The maximum Gasteiger partial charge on any atom is 0.305 e. The average Bonchev–Trinajstić information content (AvgIpc) is 3.28. The average molecular weight is 480 g/mol. The van der Waals surface area contributed by atoms with Gasteiger partial charge in [-0.25, -0.2) is 0 Å². The molecule has 0 aromatic rings. The molecule has 2 atom stereocenters. The van der Waals surface area contributed by atoms with Crippen LogP contribution in [-0.2, 0) is 38.2 Å². The number of hydrogen-bond acceptors (Lipinski definition) is 10. The predicted octanol–water partition coefficient (Wildman–Crippen LogP) is -1.01. The maximum absolute atomic E-state index is 11.7. The van der Waals surface area contributed by atoms with Crippen molar-refractivity contribution in [2.24, 2.45) is 0 Å². The smallest absolute Gasteiger partial charge is 0.305 e. The molecule has 0 saturated heterocycles. The van der Waals surface area contributed by atoms with Crippen molar-refractivity contribution in [3.8, 4) is 0 Å². The number of ether oxygens (including phenoxy) is 2. The molecule has 12 nitrogen and oxygen atoms in total. The van der Waals surface area contributed by atoms with E-state index in [4.69, 9.17) is 9.47 Å². The van der Waals surface area contributed by atoms with Crippen molar-refractivity contribution in [2.45, 2.75) is 50.7 Å². The van der Waals surface area contributed by atoms with Gasteiger partial charge in [0.25, 0.3) is 23.6 Å². The molecule has 0 fully saturated rings. The van der Waals surface area contributed by atoms with E-state index in [1.54, 1.807) is 0 Å². The fourth-order valence-electron chi connectivity index (χ4n) is 3.16. The van der Waals surface area contributed by atoms with Gasteiger partial charge in [-0.05, 0) is 12.8 Å². The summed E-state index contributed by atoms with van der Waals surface area (Å²) >= 11 is 0. The molecule has 34 heavy (non-hydrogen) atoms. The molecule has 0 aromatic carbocycles. The summed E-state index contributed by atoms with van der Waals surface area (Å²) in [6.07, 6.45) is 4.64. The van der Waals surface area contributed by atoms with Crippen LogP contribution in [0.25, 0.3) is 0 Å². The monoisotopic (exact) mass is 480 g/mol. The molecule has 0 spiro atoms. The summed E-state index contributed by atoms with van der Waals surface area (Å²) in [6.45, 7) is -1.16. The number of nitrogens with zero attached hydrogens (tertiary/aromatic N) is 2. The fourth-order valence-corrected chi connectivity index (χ4v) is 3.16. The molecule has 186 valence electrons. The zero-order valence-corrected chi connectivity index (χ0v) is 18.6. The number of unbranched alkanes of at least 4 members (excludes halogenated alkanes) is 3. The molecular weight excluding hydrogens is 452 g/mol. The molecule has 2 rings (SSSR count). The van der Waals surface area contributed by atoms with Gasteiger partial charge in [-0.15, -0.1) is 0 Å². The Hall–Kier alpha value is -3.38. The summed E-state index contributed by atoms with van der Waals surface area (Å²) in [6, 6.07) is 0. The van der Waals surface area contributed by atoms with E-state index < -0.39 is 47.8 Å². The summed E-state index contributed by atoms with van der Waals surface area (Å²) in [7, 11) is 0. The van der Waals surface area contributed by atoms with Crippen molar-refractivity contribution in [1.29, 1.82) is 0 Å². The van der Waals surface area contributed by atoms with Crippen molar-refractivity contribution < 1.29 is 48.5 Å². The summed E-state index contributed by atoms with van der Waals surface area (Å²) < 4.78 is 9.88. The van der Waals surface area contributed by atoms with Crippen LogP contribution in [0, 0.1) is 0 Å². The Morgan fingerprint density at radius 1 is 0.647 bits per heavy atom. The number of aliphatic hydroxyl groups excluding tert-OH is 2. The van der Waals surface area contributed by atoms with Crippen LogP contribution >= 0.6 is 0 Å². The number of carbonyl (C=O) groups is 6. The number of aliphatic hydroxyl groups is 2. The standard InChI is InChI=1S/C22H28N2O10/c25-15(11-23-17(27)7-8-18(23)28)13-33-21(31)5-3-1-2-4-6-22(32)34-14-16(26)12-24-19(29)9-10-20(24)30/h7-10,15-16,25-26H,1-6,11-14H2. The second-order valence-corrected chi connectivity index (χ2v) is 7.83. The van der Waals surface area contributed by atoms with Crippen molar-refractivity contribution in [1.82, 2.24) is 9.80 Å². The highest BCUT2D eigenvalue weighted by Gasteiger charge is 2.27. The lowest BCUT2D eigenvalue weighted by Gasteiger charge is -2.18. The third-order valence-corrected chi connectivity index (χ3v) is 4.97. The predicted molar refractivity (Wildman–Crippen MR) is 113 cm³/mol. The van der Waals surface area contributed by atoms with Gasteiger partial charge in [-0.1, -0.05) is 12.8 Å². The Morgan fingerprint density at radius 2 is 0.971 bits per heavy atom. The highest BCUT2D eigenvalue weighted by Crippen LogP contribution is 2.09. The zero-order valence-electron chi connectivity index (χ0n) is 18.6. The SMILES string of the molecule is O=C(CCCCCCC(=O)OCC(O)CN1C(=O)C=CC1=O)OCC(O)CN1C(=O)C=CC1=O. The molecular formula is C22H28N2O10. The van der Waals surface area contributed by atoms with Crippen LogP contribution in [0.15, 0.2) is 24.3 Å². The Kier molecular flexibility index (Phi) is 10.6. The Balaban J connectivity index is 1.45. The van der Waals surface area contributed by atoms with E-state index in [-0.39, 0.29) is 39.1 Å². The lowest BCUT2D eigenvalue weighted by Crippen LogP contribution is -2.39. The third-order valence-electron chi connectivity index (χ3n) is 4.97. The van der Waals surface area contributed by atoms with E-state index >= 15 is 0 Å². The minimum Gasteiger partial charge on any atom is -0.463 e. The van der Waals surface area contributed by atoms with Crippen LogP contribution < -0.4 is 0 Å². The van der Waals surface area contributed by atoms with E-state index in [1.165, 1.54) is 0 Å². The summed E-state index contributed by atoms with van der Waals surface area (Å²) in [5.41, 5.74) is 0. The molecule has 2 heterocycles. The van der Waals surface area contributed by atoms with E-state index in [0.29, 0.717) is 25.7 Å². The quantitative estimate of drug-likeness (QED) is 0.168. The highest BCUT2D eigenvalue weighted by molar-refractivity contribution is 6.13. The number of β-amino-alcohol motifs (C(OH)–C–C–N with tert-alkyl or cyclic N) is 2. The van der Waals surface area contributed by atoms with Crippen LogP contribution in [-0.4, -0.2) is 94.1 Å². The lowest BCUT2D eigenvalue weighted by atomic mass is 10.1.